The molecule has 1 fully saturated rings. The number of benzene rings is 3. The lowest BCUT2D eigenvalue weighted by molar-refractivity contribution is -0.146. The number of ether oxygens (including phenoxy) is 2. The fraction of sp³-hybridized carbons (Fsp3) is 0.286. The molecule has 37 heavy (non-hydrogen) atoms. The summed E-state index contributed by atoms with van der Waals surface area (Å²) in [5.41, 5.74) is 2.63. The van der Waals surface area contributed by atoms with Gasteiger partial charge in [-0.05, 0) is 79.8 Å². The normalized spacial score (nSPS) is 15.5. The summed E-state index contributed by atoms with van der Waals surface area (Å²) in [6, 6.07) is 20.7. The molecule has 0 radical (unpaired) electrons. The second-order valence-corrected chi connectivity index (χ2v) is 11.0. The standard InChI is InChI=1S/C28H28N2O6S/c1-2-35-27(32)28(16-17-28)21-7-9-22(10-8-21)29-26(31)19-36-23-11-13-24(14-12-23)37(33,34)30-18-15-20-5-3-4-6-25(20)30/h3-14H,2,15-19H2,1H3,(H,29,31). The number of nitrogens with one attached hydrogen (secondary N) is 1. The van der Waals surface area contributed by atoms with E-state index in [-0.39, 0.29) is 23.4 Å². The van der Waals surface area contributed by atoms with Crippen molar-refractivity contribution in [3.8, 4) is 5.75 Å². The van der Waals surface area contributed by atoms with Crippen LogP contribution in [0.5, 0.6) is 5.75 Å². The lowest BCUT2D eigenvalue weighted by Crippen LogP contribution is -2.29. The molecule has 8 nitrogen and oxygen atoms in total. The molecular formula is C28H28N2O6S. The van der Waals surface area contributed by atoms with Crippen molar-refractivity contribution in [2.24, 2.45) is 0 Å². The Balaban J connectivity index is 1.16. The smallest absolute Gasteiger partial charge is 0.316 e. The Morgan fingerprint density at radius 1 is 0.973 bits per heavy atom. The Labute approximate surface area is 216 Å². The molecule has 5 rings (SSSR count). The first-order valence-corrected chi connectivity index (χ1v) is 13.7. The molecule has 3 aromatic carbocycles. The number of amides is 1. The number of para-hydroxylation sites is 1. The van der Waals surface area contributed by atoms with Gasteiger partial charge in [0.2, 0.25) is 0 Å². The maximum Gasteiger partial charge on any atom is 0.316 e. The van der Waals surface area contributed by atoms with Crippen LogP contribution in [0.15, 0.2) is 77.7 Å². The molecule has 192 valence electrons. The minimum absolute atomic E-state index is 0.164. The number of carbonyl (C=O) groups excluding carboxylic acids is 2. The van der Waals surface area contributed by atoms with E-state index in [1.807, 2.05) is 36.4 Å². The van der Waals surface area contributed by atoms with Crippen LogP contribution in [0.25, 0.3) is 0 Å². The zero-order valence-electron chi connectivity index (χ0n) is 20.5. The summed E-state index contributed by atoms with van der Waals surface area (Å²) in [6.45, 7) is 2.31. The molecule has 0 saturated heterocycles. The molecule has 0 bridgehead atoms. The van der Waals surface area contributed by atoms with Crippen LogP contribution in [0.3, 0.4) is 0 Å². The number of fused-ring (bicyclic) bond motifs is 1. The van der Waals surface area contributed by atoms with Crippen LogP contribution in [0.4, 0.5) is 11.4 Å². The highest BCUT2D eigenvalue weighted by Crippen LogP contribution is 2.49. The summed E-state index contributed by atoms with van der Waals surface area (Å²) in [7, 11) is -3.69. The highest BCUT2D eigenvalue weighted by atomic mass is 32.2. The summed E-state index contributed by atoms with van der Waals surface area (Å²) in [4.78, 5) is 24.8. The second-order valence-electron chi connectivity index (χ2n) is 9.14. The lowest BCUT2D eigenvalue weighted by Gasteiger charge is -2.19. The number of hydrogen-bond acceptors (Lipinski definition) is 6. The molecule has 1 aliphatic carbocycles. The summed E-state index contributed by atoms with van der Waals surface area (Å²) in [6.07, 6.45) is 2.20. The third-order valence-electron chi connectivity index (χ3n) is 6.76. The first-order chi connectivity index (χ1) is 17.8. The largest absolute Gasteiger partial charge is 0.484 e. The average Bonchev–Trinajstić information content (AvgIpc) is 3.60. The summed E-state index contributed by atoms with van der Waals surface area (Å²) in [5, 5.41) is 2.77. The molecule has 9 heteroatoms. The van der Waals surface area contributed by atoms with Gasteiger partial charge in [-0.2, -0.15) is 0 Å². The molecule has 1 heterocycles. The summed E-state index contributed by atoms with van der Waals surface area (Å²) < 4.78 is 38.4. The van der Waals surface area contributed by atoms with E-state index in [1.54, 1.807) is 31.2 Å². The van der Waals surface area contributed by atoms with Gasteiger partial charge in [0.1, 0.15) is 5.75 Å². The lowest BCUT2D eigenvalue weighted by atomic mass is 9.96. The van der Waals surface area contributed by atoms with Crippen molar-refractivity contribution in [2.45, 2.75) is 36.5 Å². The van der Waals surface area contributed by atoms with Crippen LogP contribution < -0.4 is 14.4 Å². The van der Waals surface area contributed by atoms with E-state index < -0.39 is 15.4 Å². The topological polar surface area (TPSA) is 102 Å². The quantitative estimate of drug-likeness (QED) is 0.427. The SMILES string of the molecule is CCOC(=O)C1(c2ccc(NC(=O)COc3ccc(S(=O)(=O)N4CCc5ccccc54)cc3)cc2)CC1. The van der Waals surface area contributed by atoms with E-state index in [4.69, 9.17) is 9.47 Å². The van der Waals surface area contributed by atoms with Crippen LogP contribution in [0, 0.1) is 0 Å². The van der Waals surface area contributed by atoms with Crippen molar-refractivity contribution in [3.05, 3.63) is 83.9 Å². The Morgan fingerprint density at radius 3 is 2.35 bits per heavy atom. The Kier molecular flexibility index (Phi) is 6.64. The van der Waals surface area contributed by atoms with Gasteiger partial charge in [0.05, 0.1) is 22.6 Å². The minimum atomic E-state index is -3.69. The van der Waals surface area contributed by atoms with Crippen LogP contribution in [-0.4, -0.2) is 40.1 Å². The van der Waals surface area contributed by atoms with Crippen molar-refractivity contribution in [3.63, 3.8) is 0 Å². The predicted molar refractivity (Wildman–Crippen MR) is 139 cm³/mol. The fourth-order valence-electron chi connectivity index (χ4n) is 4.62. The zero-order chi connectivity index (χ0) is 26.0. The van der Waals surface area contributed by atoms with Gasteiger partial charge < -0.3 is 14.8 Å². The third kappa shape index (κ3) is 4.91. The van der Waals surface area contributed by atoms with Crippen LogP contribution in [0.2, 0.25) is 0 Å². The van der Waals surface area contributed by atoms with Gasteiger partial charge in [0, 0.05) is 12.2 Å². The van der Waals surface area contributed by atoms with Gasteiger partial charge in [-0.25, -0.2) is 8.42 Å². The molecule has 0 spiro atoms. The van der Waals surface area contributed by atoms with Crippen LogP contribution >= 0.6 is 0 Å². The monoisotopic (exact) mass is 520 g/mol. The summed E-state index contributed by atoms with van der Waals surface area (Å²) >= 11 is 0. The minimum Gasteiger partial charge on any atom is -0.484 e. The van der Waals surface area contributed by atoms with Gasteiger partial charge in [0.25, 0.3) is 15.9 Å². The van der Waals surface area contributed by atoms with E-state index in [0.29, 0.717) is 36.7 Å². The van der Waals surface area contributed by atoms with Crippen LogP contribution in [0.1, 0.15) is 30.9 Å². The van der Waals surface area contributed by atoms with E-state index in [2.05, 4.69) is 5.32 Å². The third-order valence-corrected chi connectivity index (χ3v) is 8.59. The van der Waals surface area contributed by atoms with Crippen molar-refractivity contribution < 1.29 is 27.5 Å². The molecule has 0 atom stereocenters. The van der Waals surface area contributed by atoms with Crippen molar-refractivity contribution >= 4 is 33.3 Å². The molecule has 3 aromatic rings. The molecule has 2 aliphatic rings. The van der Waals surface area contributed by atoms with Crippen LogP contribution in [-0.2, 0) is 36.2 Å². The van der Waals surface area contributed by atoms with Gasteiger partial charge in [-0.15, -0.1) is 0 Å². The molecule has 0 unspecified atom stereocenters. The van der Waals surface area contributed by atoms with Gasteiger partial charge in [0.15, 0.2) is 6.61 Å². The summed E-state index contributed by atoms with van der Waals surface area (Å²) in [5.74, 6) is -0.176. The van der Waals surface area contributed by atoms with Crippen molar-refractivity contribution in [1.29, 1.82) is 0 Å². The number of anilines is 2. The molecule has 0 aromatic heterocycles. The highest BCUT2D eigenvalue weighted by molar-refractivity contribution is 7.92. The maximum absolute atomic E-state index is 13.1. The van der Waals surface area contributed by atoms with E-state index in [9.17, 15) is 18.0 Å². The van der Waals surface area contributed by atoms with Crippen molar-refractivity contribution in [1.82, 2.24) is 0 Å². The number of sulfonamides is 1. The van der Waals surface area contributed by atoms with Gasteiger partial charge in [-0.1, -0.05) is 30.3 Å². The highest BCUT2D eigenvalue weighted by Gasteiger charge is 2.52. The fourth-order valence-corrected chi connectivity index (χ4v) is 6.12. The number of nitrogens with zero attached hydrogens (tertiary/aromatic N) is 1. The first-order valence-electron chi connectivity index (χ1n) is 12.2. The second kappa shape index (κ2) is 9.89. The number of rotatable bonds is 9. The van der Waals surface area contributed by atoms with E-state index in [1.165, 1.54) is 16.4 Å². The van der Waals surface area contributed by atoms with Gasteiger partial charge >= 0.3 is 5.97 Å². The number of carbonyl (C=O) groups is 2. The molecule has 1 saturated carbocycles. The molecule has 1 N–H and O–H groups in total. The van der Waals surface area contributed by atoms with E-state index in [0.717, 1.165) is 24.0 Å². The average molecular weight is 521 g/mol. The number of hydrogen-bond donors (Lipinski definition) is 1. The molecular weight excluding hydrogens is 492 g/mol. The van der Waals surface area contributed by atoms with Crippen molar-refractivity contribution in [2.75, 3.05) is 29.4 Å². The van der Waals surface area contributed by atoms with Gasteiger partial charge in [-0.3, -0.25) is 13.9 Å². The predicted octanol–water partition coefficient (Wildman–Crippen LogP) is 4.05. The molecule has 1 amide bonds. The Hall–Kier alpha value is -3.85. The maximum atomic E-state index is 13.1. The zero-order valence-corrected chi connectivity index (χ0v) is 21.3. The Morgan fingerprint density at radius 2 is 1.68 bits per heavy atom. The van der Waals surface area contributed by atoms with E-state index >= 15 is 0 Å². The number of esters is 1. The molecule has 1 aliphatic heterocycles. The Bertz CT molecular complexity index is 1410. The first kappa shape index (κ1) is 24.8.